The second-order valence-corrected chi connectivity index (χ2v) is 9.25. The molecule has 0 fully saturated rings. The van der Waals surface area contributed by atoms with Gasteiger partial charge in [-0.1, -0.05) is 45.9 Å². The van der Waals surface area contributed by atoms with Gasteiger partial charge in [-0.15, -0.1) is 0 Å². The zero-order valence-corrected chi connectivity index (χ0v) is 15.1. The minimum Gasteiger partial charge on any atom is -0.218 e. The van der Waals surface area contributed by atoms with Gasteiger partial charge in [0.15, 0.2) is 0 Å². The SMILES string of the molecule is CC(C)Cc1ccc2c(c1)-c1ccc(CC(C)C)cc1S2(=O)=O. The van der Waals surface area contributed by atoms with E-state index in [1.807, 2.05) is 18.2 Å². The first kappa shape index (κ1) is 16.3. The lowest BCUT2D eigenvalue weighted by Gasteiger charge is -2.08. The van der Waals surface area contributed by atoms with Crippen molar-refractivity contribution in [2.45, 2.75) is 50.3 Å². The standard InChI is InChI=1S/C20H24O2S/c1-13(2)9-15-6-8-19-18(11-15)17-7-5-16(10-14(3)4)12-20(17)23(19,21)22/h5-8,11-14H,9-10H2,1-4H3. The number of sulfone groups is 1. The predicted molar refractivity (Wildman–Crippen MR) is 94.4 cm³/mol. The number of hydrogen-bond donors (Lipinski definition) is 0. The highest BCUT2D eigenvalue weighted by Gasteiger charge is 2.33. The Morgan fingerprint density at radius 2 is 1.30 bits per heavy atom. The molecule has 3 rings (SSSR count). The molecule has 0 amide bonds. The Hall–Kier alpha value is -1.61. The fourth-order valence-electron chi connectivity index (χ4n) is 3.35. The van der Waals surface area contributed by atoms with Crippen LogP contribution in [0.15, 0.2) is 46.2 Å². The molecule has 0 aromatic heterocycles. The molecule has 23 heavy (non-hydrogen) atoms. The molecule has 0 N–H and O–H groups in total. The van der Waals surface area contributed by atoms with E-state index in [0.717, 1.165) is 29.5 Å². The van der Waals surface area contributed by atoms with Gasteiger partial charge < -0.3 is 0 Å². The number of rotatable bonds is 4. The van der Waals surface area contributed by atoms with Gasteiger partial charge in [-0.2, -0.15) is 0 Å². The molecule has 0 unspecified atom stereocenters. The average Bonchev–Trinajstić information content (AvgIpc) is 2.66. The molecular formula is C20H24O2S. The zero-order valence-electron chi connectivity index (χ0n) is 14.3. The van der Waals surface area contributed by atoms with Crippen LogP contribution >= 0.6 is 0 Å². The Bertz CT molecular complexity index is 846. The molecule has 0 radical (unpaired) electrons. The molecule has 122 valence electrons. The maximum Gasteiger partial charge on any atom is 0.207 e. The largest absolute Gasteiger partial charge is 0.218 e. The van der Waals surface area contributed by atoms with Crippen molar-refractivity contribution in [3.05, 3.63) is 47.5 Å². The molecule has 1 aliphatic heterocycles. The monoisotopic (exact) mass is 328 g/mol. The Morgan fingerprint density at radius 1 is 0.739 bits per heavy atom. The summed E-state index contributed by atoms with van der Waals surface area (Å²) in [5, 5.41) is 0. The smallest absolute Gasteiger partial charge is 0.207 e. The van der Waals surface area contributed by atoms with E-state index in [9.17, 15) is 8.42 Å². The molecule has 1 heterocycles. The summed E-state index contributed by atoms with van der Waals surface area (Å²) < 4.78 is 25.7. The highest BCUT2D eigenvalue weighted by Crippen LogP contribution is 2.44. The van der Waals surface area contributed by atoms with Gasteiger partial charge in [0.1, 0.15) is 0 Å². The van der Waals surface area contributed by atoms with Gasteiger partial charge in [0, 0.05) is 11.1 Å². The van der Waals surface area contributed by atoms with Crippen molar-refractivity contribution >= 4 is 9.84 Å². The normalized spacial score (nSPS) is 15.0. The molecule has 2 aromatic carbocycles. The molecule has 0 aliphatic carbocycles. The van der Waals surface area contributed by atoms with E-state index in [-0.39, 0.29) is 0 Å². The van der Waals surface area contributed by atoms with Crippen LogP contribution in [0.25, 0.3) is 11.1 Å². The van der Waals surface area contributed by atoms with Gasteiger partial charge in [0.25, 0.3) is 0 Å². The van der Waals surface area contributed by atoms with Crippen molar-refractivity contribution in [2.75, 3.05) is 0 Å². The molecular weight excluding hydrogens is 304 g/mol. The van der Waals surface area contributed by atoms with E-state index in [1.165, 1.54) is 5.56 Å². The van der Waals surface area contributed by atoms with Crippen LogP contribution in [0.4, 0.5) is 0 Å². The van der Waals surface area contributed by atoms with Crippen LogP contribution in [0.1, 0.15) is 38.8 Å². The molecule has 0 saturated carbocycles. The van der Waals surface area contributed by atoms with Gasteiger partial charge in [-0.3, -0.25) is 0 Å². The number of hydrogen-bond acceptors (Lipinski definition) is 2. The Morgan fingerprint density at radius 3 is 1.91 bits per heavy atom. The van der Waals surface area contributed by atoms with Gasteiger partial charge in [0.2, 0.25) is 9.84 Å². The van der Waals surface area contributed by atoms with Crippen molar-refractivity contribution in [2.24, 2.45) is 11.8 Å². The van der Waals surface area contributed by atoms with Gasteiger partial charge >= 0.3 is 0 Å². The first-order chi connectivity index (χ1) is 10.8. The van der Waals surface area contributed by atoms with E-state index in [0.29, 0.717) is 21.6 Å². The second kappa shape index (κ2) is 5.79. The average molecular weight is 328 g/mol. The van der Waals surface area contributed by atoms with E-state index in [1.54, 1.807) is 6.07 Å². The molecule has 2 aromatic rings. The minimum absolute atomic E-state index is 0.460. The van der Waals surface area contributed by atoms with Crippen LogP contribution in [0.3, 0.4) is 0 Å². The van der Waals surface area contributed by atoms with Crippen LogP contribution < -0.4 is 0 Å². The Labute approximate surface area is 139 Å². The summed E-state index contributed by atoms with van der Waals surface area (Å²) >= 11 is 0. The lowest BCUT2D eigenvalue weighted by molar-refractivity contribution is 0.598. The third kappa shape index (κ3) is 2.94. The first-order valence-electron chi connectivity index (χ1n) is 8.30. The van der Waals surface area contributed by atoms with Crippen molar-refractivity contribution in [1.82, 2.24) is 0 Å². The number of benzene rings is 2. The van der Waals surface area contributed by atoms with Crippen molar-refractivity contribution in [3.63, 3.8) is 0 Å². The third-order valence-electron chi connectivity index (χ3n) is 4.25. The summed E-state index contributed by atoms with van der Waals surface area (Å²) in [5.74, 6) is 1.07. The van der Waals surface area contributed by atoms with Crippen molar-refractivity contribution < 1.29 is 8.42 Å². The maximum atomic E-state index is 12.8. The van der Waals surface area contributed by atoms with Crippen molar-refractivity contribution in [1.29, 1.82) is 0 Å². The zero-order chi connectivity index (χ0) is 16.8. The minimum atomic E-state index is -3.37. The lowest BCUT2D eigenvalue weighted by atomic mass is 9.96. The summed E-state index contributed by atoms with van der Waals surface area (Å²) in [6.07, 6.45) is 1.87. The molecule has 0 atom stereocenters. The van der Waals surface area contributed by atoms with Gasteiger partial charge in [0.05, 0.1) is 9.79 Å². The summed E-state index contributed by atoms with van der Waals surface area (Å²) in [5.41, 5.74) is 4.03. The summed E-state index contributed by atoms with van der Waals surface area (Å²) in [4.78, 5) is 0.939. The first-order valence-corrected chi connectivity index (χ1v) is 9.78. The molecule has 0 bridgehead atoms. The van der Waals surface area contributed by atoms with Crippen LogP contribution in [0, 0.1) is 11.8 Å². The third-order valence-corrected chi connectivity index (χ3v) is 6.10. The predicted octanol–water partition coefficient (Wildman–Crippen LogP) is 4.90. The maximum absolute atomic E-state index is 12.8. The van der Waals surface area contributed by atoms with Crippen LogP contribution in [-0.4, -0.2) is 8.42 Å². The molecule has 3 heteroatoms. The van der Waals surface area contributed by atoms with E-state index >= 15 is 0 Å². The Kier molecular flexibility index (Phi) is 4.09. The molecule has 1 aliphatic rings. The number of fused-ring (bicyclic) bond motifs is 3. The lowest BCUT2D eigenvalue weighted by Crippen LogP contribution is -2.00. The summed E-state index contributed by atoms with van der Waals surface area (Å²) in [7, 11) is -3.37. The fraction of sp³-hybridized carbons (Fsp3) is 0.400. The van der Waals surface area contributed by atoms with E-state index < -0.39 is 9.84 Å². The topological polar surface area (TPSA) is 34.1 Å². The second-order valence-electron chi connectivity index (χ2n) is 7.36. The van der Waals surface area contributed by atoms with Crippen LogP contribution in [0.2, 0.25) is 0 Å². The van der Waals surface area contributed by atoms with Crippen molar-refractivity contribution in [3.8, 4) is 11.1 Å². The van der Waals surface area contributed by atoms with E-state index in [4.69, 9.17) is 0 Å². The summed E-state index contributed by atoms with van der Waals surface area (Å²) in [6.45, 7) is 8.65. The highest BCUT2D eigenvalue weighted by molar-refractivity contribution is 7.92. The van der Waals surface area contributed by atoms with Gasteiger partial charge in [-0.05, 0) is 54.0 Å². The summed E-state index contributed by atoms with van der Waals surface area (Å²) in [6, 6.07) is 11.7. The quantitative estimate of drug-likeness (QED) is 0.683. The van der Waals surface area contributed by atoms with Crippen LogP contribution in [-0.2, 0) is 22.7 Å². The Balaban J connectivity index is 2.12. The molecule has 0 spiro atoms. The van der Waals surface area contributed by atoms with Crippen LogP contribution in [0.5, 0.6) is 0 Å². The molecule has 0 saturated heterocycles. The highest BCUT2D eigenvalue weighted by atomic mass is 32.2. The van der Waals surface area contributed by atoms with Gasteiger partial charge in [-0.25, -0.2) is 8.42 Å². The fourth-order valence-corrected chi connectivity index (χ4v) is 5.07. The van der Waals surface area contributed by atoms with E-state index in [2.05, 4.69) is 39.8 Å². The molecule has 2 nitrogen and oxygen atoms in total.